The Morgan fingerprint density at radius 3 is 1.74 bits per heavy atom. The number of thioether (sulfide) groups is 2. The molecule has 0 aliphatic carbocycles. The van der Waals surface area contributed by atoms with Gasteiger partial charge in [-0.2, -0.15) is 0 Å². The van der Waals surface area contributed by atoms with Gasteiger partial charge < -0.3 is 18.7 Å². The molecule has 27 heavy (non-hydrogen) atoms. The van der Waals surface area contributed by atoms with Gasteiger partial charge in [0, 0.05) is 10.5 Å². The van der Waals surface area contributed by atoms with Crippen molar-refractivity contribution in [2.24, 2.45) is 0 Å². The summed E-state index contributed by atoms with van der Waals surface area (Å²) >= 11 is 3.03. The van der Waals surface area contributed by atoms with Crippen LogP contribution in [0.25, 0.3) is 0 Å². The van der Waals surface area contributed by atoms with Crippen LogP contribution in [0.4, 0.5) is 0 Å². The summed E-state index contributed by atoms with van der Waals surface area (Å²) in [6.45, 7) is 11.0. The molecule has 0 saturated heterocycles. The molecule has 0 saturated carbocycles. The average Bonchev–Trinajstić information content (AvgIpc) is 2.55. The van der Waals surface area contributed by atoms with E-state index in [0.717, 1.165) is 23.4 Å². The summed E-state index contributed by atoms with van der Waals surface area (Å²) in [6, 6.07) is 0. The second-order valence-electron chi connectivity index (χ2n) is 7.88. The number of hydrogen-bond donors (Lipinski definition) is 0. The van der Waals surface area contributed by atoms with Gasteiger partial charge in [0.05, 0.1) is 60.8 Å². The molecule has 1 aromatic heterocycles. The van der Waals surface area contributed by atoms with Gasteiger partial charge in [-0.25, -0.2) is 0 Å². The molecule has 0 fully saturated rings. The Hall–Kier alpha value is -0.520. The zero-order chi connectivity index (χ0) is 20.2. The normalized spacial score (nSPS) is 12.5. The van der Waals surface area contributed by atoms with Crippen molar-refractivity contribution >= 4 is 23.5 Å². The summed E-state index contributed by atoms with van der Waals surface area (Å²) < 4.78 is 17.5. The van der Waals surface area contributed by atoms with E-state index in [1.165, 1.54) is 11.8 Å². The highest BCUT2D eigenvalue weighted by Crippen LogP contribution is 2.28. The molecular formula is C17H34N5O3S2+. The van der Waals surface area contributed by atoms with Crippen LogP contribution in [0.3, 0.4) is 0 Å². The lowest BCUT2D eigenvalue weighted by molar-refractivity contribution is -0.870. The van der Waals surface area contributed by atoms with Crippen molar-refractivity contribution in [3.05, 3.63) is 0 Å². The van der Waals surface area contributed by atoms with Gasteiger partial charge in [-0.3, -0.25) is 0 Å². The average molecular weight is 421 g/mol. The number of ether oxygens (including phenoxy) is 3. The van der Waals surface area contributed by atoms with E-state index in [9.17, 15) is 0 Å². The summed E-state index contributed by atoms with van der Waals surface area (Å²) in [5.74, 6) is 0.753. The minimum Gasteiger partial charge on any atom is -0.378 e. The fourth-order valence-electron chi connectivity index (χ4n) is 1.66. The molecule has 1 heterocycles. The number of quaternary nitrogens is 1. The monoisotopic (exact) mass is 420 g/mol. The van der Waals surface area contributed by atoms with E-state index in [0.29, 0.717) is 43.3 Å². The van der Waals surface area contributed by atoms with Crippen LogP contribution < -0.4 is 0 Å². The zero-order valence-electron chi connectivity index (χ0n) is 17.4. The SMILES string of the molecule is CC(C)(C)Sc1nnc(SCCOCCOCCOCC[N+](C)(C)C)nn1. The standard InChI is InChI=1S/C17H34N5O3S2/c1-17(2,3)27-16-20-18-15(19-21-16)26-14-13-25-12-11-24-10-9-23-8-7-22(4,5)6/h7-14H2,1-6H3/q+1. The topological polar surface area (TPSA) is 79.3 Å². The largest absolute Gasteiger partial charge is 0.378 e. The molecule has 156 valence electrons. The van der Waals surface area contributed by atoms with E-state index in [4.69, 9.17) is 14.2 Å². The van der Waals surface area contributed by atoms with E-state index >= 15 is 0 Å². The summed E-state index contributed by atoms with van der Waals surface area (Å²) in [5, 5.41) is 17.5. The predicted molar refractivity (Wildman–Crippen MR) is 109 cm³/mol. The first-order valence-electron chi connectivity index (χ1n) is 9.09. The molecule has 0 N–H and O–H groups in total. The summed E-state index contributed by atoms with van der Waals surface area (Å²) in [4.78, 5) is 0. The molecule has 0 unspecified atom stereocenters. The maximum Gasteiger partial charge on any atom is 0.230 e. The van der Waals surface area contributed by atoms with Crippen LogP contribution in [0.2, 0.25) is 0 Å². The number of likely N-dealkylation sites (N-methyl/N-ethyl adjacent to an activating group) is 1. The molecule has 0 atom stereocenters. The lowest BCUT2D eigenvalue weighted by atomic mass is 10.3. The highest BCUT2D eigenvalue weighted by molar-refractivity contribution is 8.00. The molecule has 0 bridgehead atoms. The van der Waals surface area contributed by atoms with Crippen molar-refractivity contribution in [1.29, 1.82) is 0 Å². The van der Waals surface area contributed by atoms with Crippen molar-refractivity contribution in [1.82, 2.24) is 20.4 Å². The van der Waals surface area contributed by atoms with Crippen LogP contribution in [-0.4, -0.2) is 103 Å². The van der Waals surface area contributed by atoms with Crippen molar-refractivity contribution in [2.45, 2.75) is 35.8 Å². The van der Waals surface area contributed by atoms with E-state index in [2.05, 4.69) is 62.3 Å². The molecule has 1 rings (SSSR count). The maximum absolute atomic E-state index is 5.53. The molecule has 10 heteroatoms. The van der Waals surface area contributed by atoms with Gasteiger partial charge in [0.15, 0.2) is 0 Å². The Morgan fingerprint density at radius 1 is 0.741 bits per heavy atom. The Labute approximate surface area is 171 Å². The molecule has 0 aromatic carbocycles. The fourth-order valence-corrected chi connectivity index (χ4v) is 2.95. The van der Waals surface area contributed by atoms with Crippen LogP contribution in [0.1, 0.15) is 20.8 Å². The van der Waals surface area contributed by atoms with Crippen molar-refractivity contribution < 1.29 is 18.7 Å². The summed E-state index contributed by atoms with van der Waals surface area (Å²) in [5.41, 5.74) is 0. The lowest BCUT2D eigenvalue weighted by Crippen LogP contribution is -2.37. The Bertz CT molecular complexity index is 507. The first-order chi connectivity index (χ1) is 12.7. The molecule has 0 aliphatic rings. The van der Waals surface area contributed by atoms with Gasteiger partial charge in [-0.05, 0) is 0 Å². The van der Waals surface area contributed by atoms with E-state index in [1.54, 1.807) is 11.8 Å². The molecule has 8 nitrogen and oxygen atoms in total. The highest BCUT2D eigenvalue weighted by Gasteiger charge is 2.15. The number of hydrogen-bond acceptors (Lipinski definition) is 9. The molecule has 0 amide bonds. The van der Waals surface area contributed by atoms with E-state index in [-0.39, 0.29) is 4.75 Å². The number of nitrogens with zero attached hydrogens (tertiary/aromatic N) is 5. The molecule has 0 spiro atoms. The third-order valence-electron chi connectivity index (χ3n) is 2.95. The second kappa shape index (κ2) is 12.8. The first kappa shape index (κ1) is 24.5. The molecule has 0 radical (unpaired) electrons. The van der Waals surface area contributed by atoms with Crippen LogP contribution >= 0.6 is 23.5 Å². The molecular weight excluding hydrogens is 386 g/mol. The maximum atomic E-state index is 5.53. The lowest BCUT2D eigenvalue weighted by Gasteiger charge is -2.23. The fraction of sp³-hybridized carbons (Fsp3) is 0.882. The summed E-state index contributed by atoms with van der Waals surface area (Å²) in [7, 11) is 6.45. The number of aromatic nitrogens is 4. The first-order valence-corrected chi connectivity index (χ1v) is 10.9. The Morgan fingerprint density at radius 2 is 1.22 bits per heavy atom. The second-order valence-corrected chi connectivity index (χ2v) is 10.7. The number of rotatable bonds is 14. The minimum absolute atomic E-state index is 0.0474. The van der Waals surface area contributed by atoms with Crippen molar-refractivity contribution in [3.8, 4) is 0 Å². The van der Waals surface area contributed by atoms with Gasteiger partial charge in [0.1, 0.15) is 6.54 Å². The van der Waals surface area contributed by atoms with Crippen LogP contribution in [-0.2, 0) is 14.2 Å². The summed E-state index contributed by atoms with van der Waals surface area (Å²) in [6.07, 6.45) is 0. The predicted octanol–water partition coefficient (Wildman–Crippen LogP) is 2.01. The highest BCUT2D eigenvalue weighted by atomic mass is 32.2. The van der Waals surface area contributed by atoms with E-state index in [1.807, 2.05) is 0 Å². The van der Waals surface area contributed by atoms with Gasteiger partial charge in [0.2, 0.25) is 10.3 Å². The Balaban J connectivity index is 1.94. The van der Waals surface area contributed by atoms with Gasteiger partial charge in [0.25, 0.3) is 0 Å². The van der Waals surface area contributed by atoms with Crippen molar-refractivity contribution in [3.63, 3.8) is 0 Å². The minimum atomic E-state index is 0.0474. The van der Waals surface area contributed by atoms with Crippen LogP contribution in [0.5, 0.6) is 0 Å². The van der Waals surface area contributed by atoms with Gasteiger partial charge >= 0.3 is 0 Å². The zero-order valence-corrected chi connectivity index (χ0v) is 19.1. The molecule has 0 aliphatic heterocycles. The molecule has 1 aromatic rings. The van der Waals surface area contributed by atoms with E-state index < -0.39 is 0 Å². The van der Waals surface area contributed by atoms with Crippen molar-refractivity contribution in [2.75, 3.05) is 73.1 Å². The van der Waals surface area contributed by atoms with Crippen LogP contribution in [0, 0.1) is 0 Å². The third-order valence-corrected chi connectivity index (χ3v) is 4.70. The van der Waals surface area contributed by atoms with Gasteiger partial charge in [-0.15, -0.1) is 20.4 Å². The smallest absolute Gasteiger partial charge is 0.230 e. The quantitative estimate of drug-likeness (QED) is 0.255. The Kier molecular flexibility index (Phi) is 11.7. The van der Waals surface area contributed by atoms with Crippen LogP contribution in [0.15, 0.2) is 10.3 Å². The van der Waals surface area contributed by atoms with Gasteiger partial charge in [-0.1, -0.05) is 44.3 Å². The third kappa shape index (κ3) is 15.1.